The number of esters is 1. The summed E-state index contributed by atoms with van der Waals surface area (Å²) in [6.07, 6.45) is 9.21. The third kappa shape index (κ3) is 2.22. The van der Waals surface area contributed by atoms with Crippen molar-refractivity contribution in [3.8, 4) is 0 Å². The van der Waals surface area contributed by atoms with Crippen LogP contribution in [0.15, 0.2) is 12.2 Å². The van der Waals surface area contributed by atoms with E-state index < -0.39 is 17.4 Å². The topological polar surface area (TPSA) is 54.0 Å². The highest BCUT2D eigenvalue weighted by Crippen LogP contribution is 2.61. The SMILES string of the molecule is COC(=O)C=CC1(C)COC2(OO1)C1CC3CC(C1)CC2C3. The Morgan fingerprint density at radius 3 is 2.23 bits per heavy atom. The summed E-state index contributed by atoms with van der Waals surface area (Å²) < 4.78 is 10.9. The lowest BCUT2D eigenvalue weighted by atomic mass is 9.53. The summed E-state index contributed by atoms with van der Waals surface area (Å²) in [7, 11) is 1.35. The van der Waals surface area contributed by atoms with Gasteiger partial charge in [-0.15, -0.1) is 0 Å². The fraction of sp³-hybridized carbons (Fsp3) is 0.824. The first-order chi connectivity index (χ1) is 10.5. The van der Waals surface area contributed by atoms with Crippen LogP contribution in [0.4, 0.5) is 0 Å². The van der Waals surface area contributed by atoms with Crippen LogP contribution in [-0.2, 0) is 24.0 Å². The lowest BCUT2D eigenvalue weighted by molar-refractivity contribution is -0.536. The molecule has 1 saturated heterocycles. The van der Waals surface area contributed by atoms with Gasteiger partial charge in [0.05, 0.1) is 13.7 Å². The molecule has 0 aromatic heterocycles. The Balaban J connectivity index is 1.47. The van der Waals surface area contributed by atoms with E-state index in [0.717, 1.165) is 11.8 Å². The first kappa shape index (κ1) is 14.7. The molecule has 4 saturated carbocycles. The highest BCUT2D eigenvalue weighted by Gasteiger charge is 2.62. The van der Waals surface area contributed by atoms with Gasteiger partial charge in [-0.3, -0.25) is 0 Å². The van der Waals surface area contributed by atoms with E-state index in [-0.39, 0.29) is 0 Å². The number of ether oxygens (including phenoxy) is 2. The summed E-state index contributed by atoms with van der Waals surface area (Å²) in [5, 5.41) is 0. The van der Waals surface area contributed by atoms with Gasteiger partial charge in [0.2, 0.25) is 5.79 Å². The van der Waals surface area contributed by atoms with Crippen LogP contribution in [0, 0.1) is 23.7 Å². The van der Waals surface area contributed by atoms with Crippen LogP contribution >= 0.6 is 0 Å². The molecule has 0 N–H and O–H groups in total. The molecule has 0 radical (unpaired) electrons. The van der Waals surface area contributed by atoms with Gasteiger partial charge >= 0.3 is 5.97 Å². The van der Waals surface area contributed by atoms with Gasteiger partial charge in [-0.2, -0.15) is 4.89 Å². The Morgan fingerprint density at radius 1 is 1.09 bits per heavy atom. The average molecular weight is 308 g/mol. The van der Waals surface area contributed by atoms with Gasteiger partial charge in [0.1, 0.15) is 5.60 Å². The minimum absolute atomic E-state index is 0.403. The second kappa shape index (κ2) is 5.05. The van der Waals surface area contributed by atoms with Crippen molar-refractivity contribution < 1.29 is 24.0 Å². The molecule has 1 unspecified atom stereocenters. The monoisotopic (exact) mass is 308 g/mol. The molecule has 1 spiro atoms. The van der Waals surface area contributed by atoms with E-state index in [1.165, 1.54) is 45.3 Å². The summed E-state index contributed by atoms with van der Waals surface area (Å²) >= 11 is 0. The molecule has 5 heteroatoms. The fourth-order valence-corrected chi connectivity index (χ4v) is 5.07. The summed E-state index contributed by atoms with van der Waals surface area (Å²) in [5.41, 5.74) is -0.742. The molecule has 5 rings (SSSR count). The van der Waals surface area contributed by atoms with E-state index in [4.69, 9.17) is 14.5 Å². The van der Waals surface area contributed by atoms with E-state index in [9.17, 15) is 4.79 Å². The fourth-order valence-electron chi connectivity index (χ4n) is 5.07. The number of hydrogen-bond donors (Lipinski definition) is 0. The van der Waals surface area contributed by atoms with Crippen molar-refractivity contribution in [1.29, 1.82) is 0 Å². The summed E-state index contributed by atoms with van der Waals surface area (Å²) in [6, 6.07) is 0. The van der Waals surface area contributed by atoms with Gasteiger partial charge in [0.15, 0.2) is 0 Å². The lowest BCUT2D eigenvalue weighted by Crippen LogP contribution is -2.64. The van der Waals surface area contributed by atoms with Gasteiger partial charge < -0.3 is 9.47 Å². The van der Waals surface area contributed by atoms with E-state index >= 15 is 0 Å². The summed E-state index contributed by atoms with van der Waals surface area (Å²) in [4.78, 5) is 22.9. The molecule has 122 valence electrons. The van der Waals surface area contributed by atoms with E-state index in [2.05, 4.69) is 4.74 Å². The Kier molecular flexibility index (Phi) is 3.36. The van der Waals surface area contributed by atoms with Crippen LogP contribution in [0.5, 0.6) is 0 Å². The van der Waals surface area contributed by atoms with Crippen molar-refractivity contribution >= 4 is 5.97 Å². The average Bonchev–Trinajstić information content (AvgIpc) is 2.52. The quantitative estimate of drug-likeness (QED) is 0.446. The van der Waals surface area contributed by atoms with Crippen molar-refractivity contribution in [2.75, 3.05) is 13.7 Å². The summed E-state index contributed by atoms with van der Waals surface area (Å²) in [6.45, 7) is 2.26. The maximum Gasteiger partial charge on any atom is 0.330 e. The highest BCUT2D eigenvalue weighted by atomic mass is 17.2. The molecular weight excluding hydrogens is 284 g/mol. The zero-order valence-electron chi connectivity index (χ0n) is 13.2. The van der Waals surface area contributed by atoms with Crippen molar-refractivity contribution in [1.82, 2.24) is 0 Å². The third-order valence-electron chi connectivity index (χ3n) is 6.00. The van der Waals surface area contributed by atoms with Crippen molar-refractivity contribution in [3.63, 3.8) is 0 Å². The molecule has 0 aromatic carbocycles. The van der Waals surface area contributed by atoms with Gasteiger partial charge in [-0.25, -0.2) is 9.68 Å². The molecule has 5 nitrogen and oxygen atoms in total. The van der Waals surface area contributed by atoms with Gasteiger partial charge in [0, 0.05) is 17.9 Å². The highest BCUT2D eigenvalue weighted by molar-refractivity contribution is 5.81. The second-order valence-electron chi connectivity index (χ2n) is 7.65. The zero-order chi connectivity index (χ0) is 15.4. The van der Waals surface area contributed by atoms with Crippen molar-refractivity contribution in [2.24, 2.45) is 23.7 Å². The molecule has 0 amide bonds. The van der Waals surface area contributed by atoms with E-state index in [1.54, 1.807) is 6.08 Å². The number of rotatable bonds is 2. The number of hydrogen-bond acceptors (Lipinski definition) is 5. The Hall–Kier alpha value is -0.910. The lowest BCUT2D eigenvalue weighted by Gasteiger charge is -2.61. The normalized spacial score (nSPS) is 49.9. The molecule has 0 aromatic rings. The van der Waals surface area contributed by atoms with Crippen molar-refractivity contribution in [2.45, 2.75) is 50.4 Å². The Bertz CT molecular complexity index is 459. The smallest absolute Gasteiger partial charge is 0.330 e. The number of carbonyl (C=O) groups excluding carboxylic acids is 1. The van der Waals surface area contributed by atoms with Crippen LogP contribution in [0.1, 0.15) is 39.0 Å². The molecule has 5 aliphatic rings. The molecule has 1 atom stereocenters. The molecule has 4 bridgehead atoms. The molecule has 1 heterocycles. The molecule has 4 aliphatic carbocycles. The predicted octanol–water partition coefficient (Wildman–Crippen LogP) is 2.61. The molecule has 22 heavy (non-hydrogen) atoms. The van der Waals surface area contributed by atoms with Crippen LogP contribution in [0.3, 0.4) is 0 Å². The van der Waals surface area contributed by atoms with Crippen LogP contribution in [-0.4, -0.2) is 31.1 Å². The Labute approximate surface area is 130 Å². The minimum atomic E-state index is -0.742. The van der Waals surface area contributed by atoms with Crippen LogP contribution in [0.2, 0.25) is 0 Å². The maximum absolute atomic E-state index is 11.2. The molecular formula is C17H24O5. The first-order valence-corrected chi connectivity index (χ1v) is 8.31. The number of methoxy groups -OCH3 is 1. The van der Waals surface area contributed by atoms with Gasteiger partial charge in [0.25, 0.3) is 0 Å². The number of carbonyl (C=O) groups is 1. The molecule has 5 fully saturated rings. The van der Waals surface area contributed by atoms with E-state index in [0.29, 0.717) is 18.4 Å². The summed E-state index contributed by atoms with van der Waals surface area (Å²) in [5.74, 6) is 1.67. The minimum Gasteiger partial charge on any atom is -0.466 e. The first-order valence-electron chi connectivity index (χ1n) is 8.31. The Morgan fingerprint density at radius 2 is 1.73 bits per heavy atom. The third-order valence-corrected chi connectivity index (χ3v) is 6.00. The van der Waals surface area contributed by atoms with Gasteiger partial charge in [-0.1, -0.05) is 0 Å². The van der Waals surface area contributed by atoms with Crippen LogP contribution < -0.4 is 0 Å². The van der Waals surface area contributed by atoms with Crippen LogP contribution in [0.25, 0.3) is 0 Å². The van der Waals surface area contributed by atoms with E-state index in [1.807, 2.05) is 6.92 Å². The second-order valence-corrected chi connectivity index (χ2v) is 7.65. The van der Waals surface area contributed by atoms with Gasteiger partial charge in [-0.05, 0) is 56.9 Å². The zero-order valence-corrected chi connectivity index (χ0v) is 13.2. The predicted molar refractivity (Wildman–Crippen MR) is 77.5 cm³/mol. The largest absolute Gasteiger partial charge is 0.466 e. The van der Waals surface area contributed by atoms with Crippen molar-refractivity contribution in [3.05, 3.63) is 12.2 Å². The molecule has 1 aliphatic heterocycles. The standard InChI is InChI=1S/C17H24O5/c1-16(4-3-15(18)19-2)10-20-17(22-21-16)13-6-11-5-12(8-13)9-14(17)7-11/h3-4,11-14H,5-10H2,1-2H3. The maximum atomic E-state index is 11.2.